The highest BCUT2D eigenvalue weighted by Crippen LogP contribution is 2.46. The van der Waals surface area contributed by atoms with Crippen molar-refractivity contribution in [3.8, 4) is 5.88 Å². The molecule has 10 nitrogen and oxygen atoms in total. The van der Waals surface area contributed by atoms with Gasteiger partial charge in [-0.05, 0) is 76.2 Å². The first kappa shape index (κ1) is 30.7. The van der Waals surface area contributed by atoms with Crippen molar-refractivity contribution in [1.29, 1.82) is 0 Å². The molecule has 3 amide bonds. The molecule has 2 aliphatic rings. The highest BCUT2D eigenvalue weighted by molar-refractivity contribution is 5.96. The molecule has 5 atom stereocenters. The van der Waals surface area contributed by atoms with Gasteiger partial charge in [0, 0.05) is 25.1 Å². The summed E-state index contributed by atoms with van der Waals surface area (Å²) in [7, 11) is 0. The second-order valence-electron chi connectivity index (χ2n) is 12.1. The normalized spacial score (nSPS) is 25.0. The molecule has 1 aromatic rings. The van der Waals surface area contributed by atoms with E-state index in [0.717, 1.165) is 32.1 Å². The number of ether oxygens (including phenoxy) is 1. The van der Waals surface area contributed by atoms with Crippen LogP contribution in [0, 0.1) is 29.6 Å². The van der Waals surface area contributed by atoms with Crippen LogP contribution in [0.3, 0.4) is 0 Å². The van der Waals surface area contributed by atoms with Crippen molar-refractivity contribution in [2.45, 2.75) is 92.2 Å². The van der Waals surface area contributed by atoms with E-state index in [9.17, 15) is 14.4 Å². The van der Waals surface area contributed by atoms with Crippen LogP contribution >= 0.6 is 0 Å². The summed E-state index contributed by atoms with van der Waals surface area (Å²) >= 11 is 0. The lowest BCUT2D eigenvalue weighted by atomic mass is 9.61. The van der Waals surface area contributed by atoms with Crippen molar-refractivity contribution in [1.82, 2.24) is 25.9 Å². The summed E-state index contributed by atoms with van der Waals surface area (Å²) < 4.78 is 7.63. The zero-order chi connectivity index (χ0) is 28.7. The smallest absolute Gasteiger partial charge is 0.258 e. The number of carbonyl (C=O) groups is 3. The molecule has 2 aliphatic carbocycles. The fourth-order valence-corrected chi connectivity index (χ4v) is 6.01. The van der Waals surface area contributed by atoms with Crippen molar-refractivity contribution >= 4 is 23.9 Å². The summed E-state index contributed by atoms with van der Waals surface area (Å²) in [6, 6.07) is -0.0306. The third-order valence-corrected chi connectivity index (χ3v) is 7.68. The molecule has 2 saturated carbocycles. The van der Waals surface area contributed by atoms with Crippen molar-refractivity contribution in [2.75, 3.05) is 13.2 Å². The van der Waals surface area contributed by atoms with Gasteiger partial charge in [0.1, 0.15) is 5.56 Å². The number of hydroxylamine groups is 1. The topological polar surface area (TPSA) is 124 Å². The second-order valence-corrected chi connectivity index (χ2v) is 12.1. The van der Waals surface area contributed by atoms with Gasteiger partial charge in [0.05, 0.1) is 24.9 Å². The van der Waals surface area contributed by atoms with Crippen molar-refractivity contribution in [3.63, 3.8) is 0 Å². The number of nitrogens with one attached hydrogen (secondary N) is 3. The minimum atomic E-state index is -0.603. The lowest BCUT2D eigenvalue weighted by molar-refractivity contribution is -0.140. The number of amides is 3. The Labute approximate surface area is 232 Å². The number of fused-ring (bicyclic) bond motifs is 2. The molecule has 0 aromatic carbocycles. The van der Waals surface area contributed by atoms with E-state index in [1.165, 1.54) is 13.1 Å². The predicted octanol–water partition coefficient (Wildman–Crippen LogP) is 3.93. The van der Waals surface area contributed by atoms with Crippen molar-refractivity contribution in [2.24, 2.45) is 29.6 Å². The highest BCUT2D eigenvalue weighted by atomic mass is 16.6. The van der Waals surface area contributed by atoms with Gasteiger partial charge >= 0.3 is 0 Å². The van der Waals surface area contributed by atoms with Gasteiger partial charge in [-0.15, -0.1) is 0 Å². The van der Waals surface area contributed by atoms with Gasteiger partial charge < -0.3 is 15.4 Å². The number of hydrogen-bond donors (Lipinski definition) is 3. The average Bonchev–Trinajstić information content (AvgIpc) is 3.28. The van der Waals surface area contributed by atoms with E-state index in [1.807, 2.05) is 40.7 Å². The van der Waals surface area contributed by atoms with Gasteiger partial charge in [0.15, 0.2) is 0 Å². The first-order chi connectivity index (χ1) is 18.4. The van der Waals surface area contributed by atoms with Crippen LogP contribution in [0.1, 0.15) is 90.9 Å². The van der Waals surface area contributed by atoms with E-state index < -0.39 is 5.54 Å². The summed E-state index contributed by atoms with van der Waals surface area (Å²) in [6.45, 7) is 14.2. The van der Waals surface area contributed by atoms with Crippen molar-refractivity contribution < 1.29 is 24.0 Å². The SMILES string of the molecule is CCONC(=O)[C@H]1CC2CC(CC)[C@@H](NC(=O)c3cnn(/C=C/C(C)(C)NC(C)=O)c3OCC(C)C)C(C2)C1. The summed E-state index contributed by atoms with van der Waals surface area (Å²) in [5.74, 6) is 1.14. The zero-order valence-corrected chi connectivity index (χ0v) is 24.6. The van der Waals surface area contributed by atoms with Crippen LogP contribution in [0.25, 0.3) is 6.20 Å². The van der Waals surface area contributed by atoms with Gasteiger partial charge in [-0.25, -0.2) is 10.2 Å². The number of aromatic nitrogens is 2. The molecule has 2 bridgehead atoms. The Hall–Kier alpha value is -2.88. The maximum atomic E-state index is 13.7. The molecule has 3 unspecified atom stereocenters. The van der Waals surface area contributed by atoms with E-state index in [-0.39, 0.29) is 41.5 Å². The van der Waals surface area contributed by atoms with Crippen LogP contribution in [0.2, 0.25) is 0 Å². The molecule has 1 aromatic heterocycles. The maximum Gasteiger partial charge on any atom is 0.258 e. The number of hydrogen-bond acceptors (Lipinski definition) is 6. The lowest BCUT2D eigenvalue weighted by Gasteiger charge is -2.47. The van der Waals surface area contributed by atoms with Crippen molar-refractivity contribution in [3.05, 3.63) is 17.8 Å². The van der Waals surface area contributed by atoms with Gasteiger partial charge in [-0.3, -0.25) is 19.2 Å². The second kappa shape index (κ2) is 13.5. The fourth-order valence-electron chi connectivity index (χ4n) is 6.01. The Morgan fingerprint density at radius 3 is 2.56 bits per heavy atom. The van der Waals surface area contributed by atoms with E-state index in [2.05, 4.69) is 28.1 Å². The average molecular weight is 546 g/mol. The standard InChI is InChI=1S/C29H47N5O5/c1-8-21-12-20-13-22(15-23(14-20)26(36)33-39-9-2)25(21)31-27(37)24-16-30-34(28(24)38-17-18(3)4)11-10-29(6,7)32-19(5)35/h10-11,16,18,20-23,25H,8-9,12-15,17H2,1-7H3,(H,31,37)(H,32,35)(H,33,36)/b11-10+/t20?,21?,22?,23-,25+/m0/s1. The molecular formula is C29H47N5O5. The molecule has 10 heteroatoms. The molecule has 3 rings (SSSR count). The summed E-state index contributed by atoms with van der Waals surface area (Å²) in [6.07, 6.45) is 9.63. The van der Waals surface area contributed by atoms with Crippen LogP contribution in [-0.2, 0) is 14.4 Å². The summed E-state index contributed by atoms with van der Waals surface area (Å²) in [5.41, 5.74) is 2.35. The third kappa shape index (κ3) is 8.30. The quantitative estimate of drug-likeness (QED) is 0.342. The highest BCUT2D eigenvalue weighted by Gasteiger charge is 2.44. The lowest BCUT2D eigenvalue weighted by Crippen LogP contribution is -2.52. The Bertz CT molecular complexity index is 1030. The molecular weight excluding hydrogens is 498 g/mol. The van der Waals surface area contributed by atoms with Crippen LogP contribution < -0.4 is 20.9 Å². The van der Waals surface area contributed by atoms with E-state index >= 15 is 0 Å². The minimum absolute atomic E-state index is 0.0306. The van der Waals surface area contributed by atoms with Gasteiger partial charge in [0.2, 0.25) is 17.7 Å². The molecule has 0 spiro atoms. The van der Waals surface area contributed by atoms with E-state index in [1.54, 1.807) is 10.9 Å². The van der Waals surface area contributed by atoms with Crippen LogP contribution in [0.15, 0.2) is 12.3 Å². The van der Waals surface area contributed by atoms with Gasteiger partial charge in [0.25, 0.3) is 5.91 Å². The maximum absolute atomic E-state index is 13.7. The number of carbonyl (C=O) groups excluding carboxylic acids is 3. The Morgan fingerprint density at radius 1 is 1.18 bits per heavy atom. The molecule has 0 aliphatic heterocycles. The number of rotatable bonds is 12. The summed E-state index contributed by atoms with van der Waals surface area (Å²) in [5, 5.41) is 10.6. The monoisotopic (exact) mass is 545 g/mol. The minimum Gasteiger partial charge on any atom is -0.477 e. The van der Waals surface area contributed by atoms with Gasteiger partial charge in [-0.1, -0.05) is 27.2 Å². The van der Waals surface area contributed by atoms with Crippen LogP contribution in [-0.4, -0.2) is 52.3 Å². The molecule has 1 heterocycles. The molecule has 3 N–H and O–H groups in total. The summed E-state index contributed by atoms with van der Waals surface area (Å²) in [4.78, 5) is 43.1. The Kier molecular flexibility index (Phi) is 10.6. The molecule has 2 fully saturated rings. The zero-order valence-electron chi connectivity index (χ0n) is 24.6. The van der Waals surface area contributed by atoms with E-state index in [0.29, 0.717) is 36.5 Å². The molecule has 0 saturated heterocycles. The Morgan fingerprint density at radius 2 is 1.92 bits per heavy atom. The first-order valence-electron chi connectivity index (χ1n) is 14.3. The predicted molar refractivity (Wildman–Crippen MR) is 150 cm³/mol. The first-order valence-corrected chi connectivity index (χ1v) is 14.3. The Balaban J connectivity index is 1.81. The van der Waals surface area contributed by atoms with Crippen LogP contribution in [0.4, 0.5) is 0 Å². The fraction of sp³-hybridized carbons (Fsp3) is 0.724. The van der Waals surface area contributed by atoms with Crippen LogP contribution in [0.5, 0.6) is 5.88 Å². The number of nitrogens with zero attached hydrogens (tertiary/aromatic N) is 2. The molecule has 0 radical (unpaired) electrons. The van der Waals surface area contributed by atoms with Gasteiger partial charge in [-0.2, -0.15) is 5.10 Å². The van der Waals surface area contributed by atoms with E-state index in [4.69, 9.17) is 9.57 Å². The largest absolute Gasteiger partial charge is 0.477 e. The third-order valence-electron chi connectivity index (χ3n) is 7.68. The molecule has 39 heavy (non-hydrogen) atoms. The molecule has 218 valence electrons.